The molecule has 0 aliphatic rings. The lowest BCUT2D eigenvalue weighted by atomic mass is 10.2. The van der Waals surface area contributed by atoms with Gasteiger partial charge in [-0.1, -0.05) is 17.7 Å². The summed E-state index contributed by atoms with van der Waals surface area (Å²) in [6, 6.07) is 10.5. The molecule has 0 radical (unpaired) electrons. The molecular weight excluding hydrogens is 238 g/mol. The summed E-state index contributed by atoms with van der Waals surface area (Å²) in [4.78, 5) is 4.07. The summed E-state index contributed by atoms with van der Waals surface area (Å²) in [5, 5.41) is 10.1. The Kier molecular flexibility index (Phi) is 3.61. The first-order valence-electron chi connectivity index (χ1n) is 5.22. The summed E-state index contributed by atoms with van der Waals surface area (Å²) in [6.45, 7) is 1.69. The molecule has 0 saturated heterocycles. The van der Waals surface area contributed by atoms with Crippen LogP contribution in [0.4, 0.5) is 0 Å². The lowest BCUT2D eigenvalue weighted by molar-refractivity contribution is 0.198. The van der Waals surface area contributed by atoms with E-state index in [1.165, 1.54) is 0 Å². The molecule has 17 heavy (non-hydrogen) atoms. The van der Waals surface area contributed by atoms with Crippen molar-refractivity contribution in [3.05, 3.63) is 53.2 Å². The highest BCUT2D eigenvalue weighted by molar-refractivity contribution is 6.30. The third kappa shape index (κ3) is 3.19. The van der Waals surface area contributed by atoms with Crippen LogP contribution in [0.15, 0.2) is 42.6 Å². The van der Waals surface area contributed by atoms with Gasteiger partial charge >= 0.3 is 0 Å². The number of ether oxygens (including phenoxy) is 1. The third-order valence-corrected chi connectivity index (χ3v) is 2.49. The number of benzene rings is 1. The first-order valence-corrected chi connectivity index (χ1v) is 5.60. The van der Waals surface area contributed by atoms with Crippen molar-refractivity contribution in [1.82, 2.24) is 4.98 Å². The summed E-state index contributed by atoms with van der Waals surface area (Å²) in [6.07, 6.45) is 1.06. The van der Waals surface area contributed by atoms with Gasteiger partial charge in [0.25, 0.3) is 0 Å². The quantitative estimate of drug-likeness (QED) is 0.904. The van der Waals surface area contributed by atoms with Crippen LogP contribution in [-0.2, 0) is 0 Å². The van der Waals surface area contributed by atoms with E-state index in [-0.39, 0.29) is 0 Å². The van der Waals surface area contributed by atoms with Gasteiger partial charge in [-0.3, -0.25) is 0 Å². The molecule has 0 spiro atoms. The molecule has 1 atom stereocenters. The Balaban J connectivity index is 2.21. The van der Waals surface area contributed by atoms with Crippen LogP contribution in [-0.4, -0.2) is 10.1 Å². The number of hydrogen-bond donors (Lipinski definition) is 1. The number of nitrogens with zero attached hydrogens (tertiary/aromatic N) is 1. The highest BCUT2D eigenvalue weighted by Gasteiger charge is 2.04. The second-order valence-corrected chi connectivity index (χ2v) is 4.10. The smallest absolute Gasteiger partial charge is 0.219 e. The van der Waals surface area contributed by atoms with E-state index < -0.39 is 6.10 Å². The molecule has 0 unspecified atom stereocenters. The maximum atomic E-state index is 9.45. The molecule has 0 aliphatic carbocycles. The third-order valence-electron chi connectivity index (χ3n) is 2.26. The van der Waals surface area contributed by atoms with Gasteiger partial charge in [-0.25, -0.2) is 4.98 Å². The van der Waals surface area contributed by atoms with E-state index in [0.717, 1.165) is 5.56 Å². The van der Waals surface area contributed by atoms with Gasteiger partial charge < -0.3 is 9.84 Å². The fourth-order valence-corrected chi connectivity index (χ4v) is 1.57. The Hall–Kier alpha value is -1.58. The first-order chi connectivity index (χ1) is 8.15. The van der Waals surface area contributed by atoms with Crippen molar-refractivity contribution in [2.24, 2.45) is 0 Å². The van der Waals surface area contributed by atoms with Gasteiger partial charge in [0.1, 0.15) is 5.75 Å². The predicted octanol–water partition coefficient (Wildman–Crippen LogP) is 3.58. The molecule has 0 bridgehead atoms. The molecule has 2 rings (SSSR count). The van der Waals surface area contributed by atoms with Crippen molar-refractivity contribution in [2.45, 2.75) is 13.0 Å². The van der Waals surface area contributed by atoms with Crippen LogP contribution < -0.4 is 4.74 Å². The van der Waals surface area contributed by atoms with Crippen LogP contribution in [0.3, 0.4) is 0 Å². The van der Waals surface area contributed by atoms with Crippen molar-refractivity contribution in [3.8, 4) is 11.6 Å². The fourth-order valence-electron chi connectivity index (χ4n) is 1.39. The maximum Gasteiger partial charge on any atom is 0.219 e. The van der Waals surface area contributed by atoms with Gasteiger partial charge in [-0.2, -0.15) is 0 Å². The van der Waals surface area contributed by atoms with E-state index >= 15 is 0 Å². The van der Waals surface area contributed by atoms with Crippen molar-refractivity contribution < 1.29 is 9.84 Å². The summed E-state index contributed by atoms with van der Waals surface area (Å²) in [5.74, 6) is 1.05. The monoisotopic (exact) mass is 249 g/mol. The summed E-state index contributed by atoms with van der Waals surface area (Å²) < 4.78 is 5.54. The van der Waals surface area contributed by atoms with Gasteiger partial charge in [-0.05, 0) is 36.8 Å². The lowest BCUT2D eigenvalue weighted by Crippen LogP contribution is -1.94. The number of halogens is 1. The summed E-state index contributed by atoms with van der Waals surface area (Å²) >= 11 is 5.85. The molecule has 1 N–H and O–H groups in total. The molecule has 3 nitrogen and oxygen atoms in total. The Morgan fingerprint density at radius 3 is 2.82 bits per heavy atom. The van der Waals surface area contributed by atoms with E-state index in [2.05, 4.69) is 4.98 Å². The Bertz CT molecular complexity index is 514. The zero-order valence-corrected chi connectivity index (χ0v) is 10.1. The molecule has 0 amide bonds. The molecule has 0 saturated carbocycles. The number of pyridine rings is 1. The lowest BCUT2D eigenvalue weighted by Gasteiger charge is -2.08. The van der Waals surface area contributed by atoms with Crippen LogP contribution in [0.2, 0.25) is 5.02 Å². The molecule has 0 aliphatic heterocycles. The van der Waals surface area contributed by atoms with E-state index in [0.29, 0.717) is 16.7 Å². The second kappa shape index (κ2) is 5.17. The molecule has 1 heterocycles. The molecule has 1 aromatic carbocycles. The molecule has 2 aromatic rings. The highest BCUT2D eigenvalue weighted by atomic mass is 35.5. The van der Waals surface area contributed by atoms with Crippen LogP contribution in [0.25, 0.3) is 0 Å². The van der Waals surface area contributed by atoms with Crippen LogP contribution >= 0.6 is 11.6 Å². The van der Waals surface area contributed by atoms with Gasteiger partial charge in [0.05, 0.1) is 6.10 Å². The Morgan fingerprint density at radius 1 is 1.29 bits per heavy atom. The van der Waals surface area contributed by atoms with Crippen molar-refractivity contribution >= 4 is 11.6 Å². The second-order valence-electron chi connectivity index (χ2n) is 3.66. The van der Waals surface area contributed by atoms with Gasteiger partial charge in [0.15, 0.2) is 0 Å². The average Bonchev–Trinajstić information content (AvgIpc) is 2.29. The molecule has 4 heteroatoms. The first kappa shape index (κ1) is 11.9. The van der Waals surface area contributed by atoms with E-state index in [9.17, 15) is 5.11 Å². The van der Waals surface area contributed by atoms with E-state index in [1.54, 1.807) is 49.5 Å². The zero-order valence-electron chi connectivity index (χ0n) is 9.30. The van der Waals surface area contributed by atoms with Crippen molar-refractivity contribution in [2.75, 3.05) is 0 Å². The van der Waals surface area contributed by atoms with Crippen LogP contribution in [0, 0.1) is 0 Å². The van der Waals surface area contributed by atoms with E-state index in [1.807, 2.05) is 0 Å². The number of hydrogen-bond acceptors (Lipinski definition) is 3. The van der Waals surface area contributed by atoms with Crippen LogP contribution in [0.5, 0.6) is 11.6 Å². The average molecular weight is 250 g/mol. The van der Waals surface area contributed by atoms with Gasteiger partial charge in [-0.15, -0.1) is 0 Å². The predicted molar refractivity (Wildman–Crippen MR) is 66.4 cm³/mol. The number of rotatable bonds is 3. The van der Waals surface area contributed by atoms with Crippen molar-refractivity contribution in [3.63, 3.8) is 0 Å². The van der Waals surface area contributed by atoms with Crippen molar-refractivity contribution in [1.29, 1.82) is 0 Å². The number of aromatic nitrogens is 1. The minimum atomic E-state index is -0.542. The molecular formula is C13H12ClNO2. The topological polar surface area (TPSA) is 42.4 Å². The zero-order chi connectivity index (χ0) is 12.3. The summed E-state index contributed by atoms with van der Waals surface area (Å²) in [5.41, 5.74) is 0.761. The van der Waals surface area contributed by atoms with Crippen LogP contribution in [0.1, 0.15) is 18.6 Å². The number of aliphatic hydroxyl groups excluding tert-OH is 1. The molecule has 0 fully saturated rings. The minimum Gasteiger partial charge on any atom is -0.439 e. The SMILES string of the molecule is C[C@H](O)c1ccnc(Oc2cccc(Cl)c2)c1. The molecule has 88 valence electrons. The summed E-state index contributed by atoms with van der Waals surface area (Å²) in [7, 11) is 0. The molecule has 1 aromatic heterocycles. The largest absolute Gasteiger partial charge is 0.439 e. The number of aliphatic hydroxyl groups is 1. The van der Waals surface area contributed by atoms with Gasteiger partial charge in [0.2, 0.25) is 5.88 Å². The minimum absolute atomic E-state index is 0.436. The fraction of sp³-hybridized carbons (Fsp3) is 0.154. The normalized spacial score (nSPS) is 12.2. The Labute approximate surface area is 105 Å². The standard InChI is InChI=1S/C13H12ClNO2/c1-9(16)10-5-6-15-13(7-10)17-12-4-2-3-11(14)8-12/h2-9,16H,1H3/t9-/m0/s1. The maximum absolute atomic E-state index is 9.45. The van der Waals surface area contributed by atoms with E-state index in [4.69, 9.17) is 16.3 Å². The Morgan fingerprint density at radius 2 is 2.12 bits per heavy atom. The highest BCUT2D eigenvalue weighted by Crippen LogP contribution is 2.24. The van der Waals surface area contributed by atoms with Gasteiger partial charge in [0, 0.05) is 17.3 Å².